The first-order valence-corrected chi connectivity index (χ1v) is 11.3. The molecule has 0 aliphatic heterocycles. The van der Waals surface area contributed by atoms with E-state index in [9.17, 15) is 4.79 Å². The van der Waals surface area contributed by atoms with Gasteiger partial charge in [-0.25, -0.2) is 9.50 Å². The lowest BCUT2D eigenvalue weighted by atomic mass is 9.95. The summed E-state index contributed by atoms with van der Waals surface area (Å²) in [6.07, 6.45) is 6.70. The second-order valence-electron chi connectivity index (χ2n) is 7.72. The van der Waals surface area contributed by atoms with Crippen LogP contribution in [0.3, 0.4) is 0 Å². The third-order valence-electron chi connectivity index (χ3n) is 5.56. The van der Waals surface area contributed by atoms with Gasteiger partial charge in [-0.15, -0.1) is 5.10 Å². The van der Waals surface area contributed by atoms with Crippen LogP contribution in [0, 0.1) is 13.8 Å². The largest absolute Gasteiger partial charge is 0.353 e. The standard InChI is InChI=1S/C22H27N5OS/c1-15-19(13-17-9-5-3-6-10-17)16(2)27-21(23-15)25-22(26-27)29-14-20(28)24-18-11-7-4-8-12-18/h3,5-6,9-10,18H,4,7-8,11-14H2,1-2H3,(H,24,28). The maximum atomic E-state index is 12.3. The molecule has 0 spiro atoms. The van der Waals surface area contributed by atoms with Crippen molar-refractivity contribution in [3.63, 3.8) is 0 Å². The van der Waals surface area contributed by atoms with Crippen LogP contribution >= 0.6 is 11.8 Å². The number of thioether (sulfide) groups is 1. The summed E-state index contributed by atoms with van der Waals surface area (Å²) in [6, 6.07) is 10.7. The molecule has 4 rings (SSSR count). The molecule has 1 N–H and O–H groups in total. The highest BCUT2D eigenvalue weighted by Crippen LogP contribution is 2.21. The number of carbonyl (C=O) groups is 1. The minimum Gasteiger partial charge on any atom is -0.353 e. The van der Waals surface area contributed by atoms with Crippen LogP contribution in [0.4, 0.5) is 0 Å². The number of nitrogens with one attached hydrogen (secondary N) is 1. The second-order valence-corrected chi connectivity index (χ2v) is 8.66. The van der Waals surface area contributed by atoms with Crippen LogP contribution in [-0.2, 0) is 11.2 Å². The van der Waals surface area contributed by atoms with Crippen LogP contribution in [0.5, 0.6) is 0 Å². The molecule has 0 atom stereocenters. The van der Waals surface area contributed by atoms with E-state index in [1.54, 1.807) is 4.52 Å². The lowest BCUT2D eigenvalue weighted by Gasteiger charge is -2.22. The van der Waals surface area contributed by atoms with Gasteiger partial charge in [0, 0.05) is 23.9 Å². The lowest BCUT2D eigenvalue weighted by Crippen LogP contribution is -2.37. The normalized spacial score (nSPS) is 15.0. The van der Waals surface area contributed by atoms with Gasteiger partial charge >= 0.3 is 0 Å². The molecule has 6 nitrogen and oxygen atoms in total. The molecule has 0 unspecified atom stereocenters. The van der Waals surface area contributed by atoms with E-state index in [1.807, 2.05) is 13.0 Å². The van der Waals surface area contributed by atoms with Crippen LogP contribution in [0.1, 0.15) is 54.6 Å². The number of amides is 1. The zero-order valence-electron chi connectivity index (χ0n) is 17.0. The van der Waals surface area contributed by atoms with Crippen LogP contribution in [0.15, 0.2) is 35.5 Å². The molecule has 1 aromatic carbocycles. The number of rotatable bonds is 6. The molecular formula is C22H27N5OS. The van der Waals surface area contributed by atoms with Crippen LogP contribution in [-0.4, -0.2) is 37.3 Å². The van der Waals surface area contributed by atoms with E-state index in [1.165, 1.54) is 42.2 Å². The summed E-state index contributed by atoms with van der Waals surface area (Å²) in [6.45, 7) is 4.07. The quantitative estimate of drug-likeness (QED) is 0.626. The molecular weight excluding hydrogens is 382 g/mol. The number of hydrogen-bond acceptors (Lipinski definition) is 5. The molecule has 0 saturated heterocycles. The first kappa shape index (κ1) is 19.9. The summed E-state index contributed by atoms with van der Waals surface area (Å²) in [5.41, 5.74) is 4.43. The average molecular weight is 410 g/mol. The lowest BCUT2D eigenvalue weighted by molar-refractivity contribution is -0.119. The Morgan fingerprint density at radius 1 is 1.14 bits per heavy atom. The average Bonchev–Trinajstić information content (AvgIpc) is 3.14. The fourth-order valence-corrected chi connectivity index (χ4v) is 4.58. The summed E-state index contributed by atoms with van der Waals surface area (Å²) >= 11 is 1.37. The molecule has 1 fully saturated rings. The van der Waals surface area contributed by atoms with Crippen molar-refractivity contribution in [1.29, 1.82) is 0 Å². The monoisotopic (exact) mass is 409 g/mol. The Bertz CT molecular complexity index is 995. The highest BCUT2D eigenvalue weighted by atomic mass is 32.2. The SMILES string of the molecule is Cc1nc2nc(SCC(=O)NC3CCCCC3)nn2c(C)c1Cc1ccccc1. The van der Waals surface area contributed by atoms with Crippen molar-refractivity contribution < 1.29 is 4.79 Å². The predicted molar refractivity (Wildman–Crippen MR) is 115 cm³/mol. The first-order valence-electron chi connectivity index (χ1n) is 10.3. The van der Waals surface area contributed by atoms with Gasteiger partial charge in [0.2, 0.25) is 11.1 Å². The molecule has 1 saturated carbocycles. The van der Waals surface area contributed by atoms with Crippen LogP contribution in [0.2, 0.25) is 0 Å². The number of hydrogen-bond donors (Lipinski definition) is 1. The minimum atomic E-state index is 0.0615. The van der Waals surface area contributed by atoms with Gasteiger partial charge in [0.15, 0.2) is 0 Å². The van der Waals surface area contributed by atoms with E-state index in [4.69, 9.17) is 0 Å². The smallest absolute Gasteiger partial charge is 0.253 e. The first-order chi connectivity index (χ1) is 14.1. The van der Waals surface area contributed by atoms with Crippen LogP contribution in [0.25, 0.3) is 5.78 Å². The second kappa shape index (κ2) is 8.95. The molecule has 152 valence electrons. The molecule has 1 aliphatic rings. The summed E-state index contributed by atoms with van der Waals surface area (Å²) in [7, 11) is 0. The van der Waals surface area contributed by atoms with Gasteiger partial charge in [-0.1, -0.05) is 61.4 Å². The van der Waals surface area contributed by atoms with Gasteiger partial charge in [-0.3, -0.25) is 4.79 Å². The number of aryl methyl sites for hydroxylation is 2. The molecule has 7 heteroatoms. The van der Waals surface area contributed by atoms with Crippen LogP contribution < -0.4 is 5.32 Å². The molecule has 29 heavy (non-hydrogen) atoms. The molecule has 0 bridgehead atoms. The van der Waals surface area contributed by atoms with Crippen molar-refractivity contribution in [1.82, 2.24) is 24.9 Å². The van der Waals surface area contributed by atoms with E-state index in [-0.39, 0.29) is 5.91 Å². The Hall–Kier alpha value is -2.41. The third-order valence-corrected chi connectivity index (χ3v) is 6.39. The highest BCUT2D eigenvalue weighted by molar-refractivity contribution is 7.99. The van der Waals surface area contributed by atoms with Gasteiger partial charge in [0.25, 0.3) is 5.78 Å². The Balaban J connectivity index is 1.46. The third kappa shape index (κ3) is 4.78. The summed E-state index contributed by atoms with van der Waals surface area (Å²) < 4.78 is 1.80. The molecule has 1 amide bonds. The summed E-state index contributed by atoms with van der Waals surface area (Å²) in [4.78, 5) is 21.4. The summed E-state index contributed by atoms with van der Waals surface area (Å²) in [5.74, 6) is 0.987. The van der Waals surface area contributed by atoms with Crippen molar-refractivity contribution in [3.05, 3.63) is 52.8 Å². The Labute approximate surface area is 175 Å². The summed E-state index contributed by atoms with van der Waals surface area (Å²) in [5, 5.41) is 8.34. The van der Waals surface area contributed by atoms with E-state index >= 15 is 0 Å². The Morgan fingerprint density at radius 2 is 1.90 bits per heavy atom. The van der Waals surface area contributed by atoms with Gasteiger partial charge in [-0.05, 0) is 37.8 Å². The topological polar surface area (TPSA) is 72.2 Å². The Kier molecular flexibility index (Phi) is 6.13. The van der Waals surface area contributed by atoms with Crippen molar-refractivity contribution in [3.8, 4) is 0 Å². The molecule has 1 aliphatic carbocycles. The van der Waals surface area contributed by atoms with Crippen molar-refractivity contribution in [2.75, 3.05) is 5.75 Å². The number of aromatic nitrogens is 4. The number of carbonyl (C=O) groups excluding carboxylic acids is 1. The zero-order chi connectivity index (χ0) is 20.2. The number of fused-ring (bicyclic) bond motifs is 1. The van der Waals surface area contributed by atoms with Crippen molar-refractivity contribution >= 4 is 23.4 Å². The predicted octanol–water partition coefficient (Wildman–Crippen LogP) is 3.87. The van der Waals surface area contributed by atoms with Gasteiger partial charge in [0.1, 0.15) is 0 Å². The Morgan fingerprint density at radius 3 is 2.66 bits per heavy atom. The van der Waals surface area contributed by atoms with Crippen molar-refractivity contribution in [2.45, 2.75) is 63.6 Å². The number of benzene rings is 1. The van der Waals surface area contributed by atoms with Gasteiger partial charge in [0.05, 0.1) is 5.75 Å². The molecule has 3 aromatic rings. The fraction of sp³-hybridized carbons (Fsp3) is 0.455. The van der Waals surface area contributed by atoms with E-state index in [0.29, 0.717) is 22.7 Å². The molecule has 2 aromatic heterocycles. The molecule has 0 radical (unpaired) electrons. The van der Waals surface area contributed by atoms with Gasteiger partial charge < -0.3 is 5.32 Å². The zero-order valence-corrected chi connectivity index (χ0v) is 17.8. The van der Waals surface area contributed by atoms with Crippen molar-refractivity contribution in [2.24, 2.45) is 0 Å². The van der Waals surface area contributed by atoms with E-state index in [2.05, 4.69) is 51.6 Å². The maximum Gasteiger partial charge on any atom is 0.253 e. The molecule has 2 heterocycles. The fourth-order valence-electron chi connectivity index (χ4n) is 3.95. The van der Waals surface area contributed by atoms with Gasteiger partial charge in [-0.2, -0.15) is 4.98 Å². The van der Waals surface area contributed by atoms with E-state index in [0.717, 1.165) is 30.7 Å². The highest BCUT2D eigenvalue weighted by Gasteiger charge is 2.18. The number of nitrogens with zero attached hydrogens (tertiary/aromatic N) is 4. The maximum absolute atomic E-state index is 12.3. The minimum absolute atomic E-state index is 0.0615. The van der Waals surface area contributed by atoms with E-state index < -0.39 is 0 Å².